The Morgan fingerprint density at radius 1 is 1.35 bits per heavy atom. The normalized spacial score (nSPS) is 12.6. The summed E-state index contributed by atoms with van der Waals surface area (Å²) in [6.45, 7) is 7.08. The Kier molecular flexibility index (Phi) is 5.26. The van der Waals surface area contributed by atoms with Crippen molar-refractivity contribution in [1.29, 1.82) is 0 Å². The Balaban J connectivity index is 2.22. The molecule has 1 aromatic heterocycles. The Bertz CT molecular complexity index is 565. The number of thiazole rings is 1. The molecule has 0 radical (unpaired) electrons. The summed E-state index contributed by atoms with van der Waals surface area (Å²) in [5.41, 5.74) is 3.25. The minimum Gasteiger partial charge on any atom is -0.310 e. The maximum absolute atomic E-state index is 13.3. The summed E-state index contributed by atoms with van der Waals surface area (Å²) in [6, 6.07) is 5.21. The number of hydrogen-bond acceptors (Lipinski definition) is 3. The van der Waals surface area contributed by atoms with E-state index in [1.165, 1.54) is 6.07 Å². The molecule has 1 heterocycles. The molecule has 2 rings (SSSR count). The maximum atomic E-state index is 13.3. The lowest BCUT2D eigenvalue weighted by Gasteiger charge is -2.20. The lowest BCUT2D eigenvalue weighted by molar-refractivity contribution is 0.521. The largest absolute Gasteiger partial charge is 0.310 e. The zero-order valence-corrected chi connectivity index (χ0v) is 13.1. The molecule has 0 aliphatic rings. The summed E-state index contributed by atoms with van der Waals surface area (Å²) < 4.78 is 13.3. The van der Waals surface area contributed by atoms with Gasteiger partial charge in [0.2, 0.25) is 0 Å². The van der Waals surface area contributed by atoms with Crippen molar-refractivity contribution in [2.24, 2.45) is 0 Å². The molecule has 0 amide bonds. The van der Waals surface area contributed by atoms with Crippen molar-refractivity contribution in [2.75, 3.05) is 6.54 Å². The van der Waals surface area contributed by atoms with Gasteiger partial charge in [-0.25, -0.2) is 9.37 Å². The molecule has 0 bridgehead atoms. The second kappa shape index (κ2) is 6.95. The average Bonchev–Trinajstić information content (AvgIpc) is 2.80. The molecular formula is C16H21FN2S. The van der Waals surface area contributed by atoms with Crippen LogP contribution in [0.15, 0.2) is 23.6 Å². The van der Waals surface area contributed by atoms with Gasteiger partial charge < -0.3 is 5.32 Å². The standard InChI is InChI=1S/C16H21FN2S/c1-4-7-18-16(9-14-10-20-12(3)19-14)15-6-5-13(17)8-11(15)2/h5-6,8,10,16,18H,4,7,9H2,1-3H3. The third-order valence-electron chi connectivity index (χ3n) is 3.33. The Labute approximate surface area is 124 Å². The second-order valence-electron chi connectivity index (χ2n) is 5.07. The highest BCUT2D eigenvalue weighted by Crippen LogP contribution is 2.23. The molecule has 0 fully saturated rings. The van der Waals surface area contributed by atoms with Crippen molar-refractivity contribution in [3.8, 4) is 0 Å². The molecule has 2 aromatic rings. The van der Waals surface area contributed by atoms with Crippen LogP contribution < -0.4 is 5.32 Å². The lowest BCUT2D eigenvalue weighted by Crippen LogP contribution is -2.25. The summed E-state index contributed by atoms with van der Waals surface area (Å²) in [5, 5.41) is 6.74. The highest BCUT2D eigenvalue weighted by molar-refractivity contribution is 7.09. The van der Waals surface area contributed by atoms with E-state index >= 15 is 0 Å². The van der Waals surface area contributed by atoms with Crippen molar-refractivity contribution >= 4 is 11.3 Å². The third kappa shape index (κ3) is 3.87. The second-order valence-corrected chi connectivity index (χ2v) is 6.13. The number of nitrogens with zero attached hydrogens (tertiary/aromatic N) is 1. The number of benzene rings is 1. The van der Waals surface area contributed by atoms with Gasteiger partial charge in [-0.15, -0.1) is 11.3 Å². The molecule has 0 saturated heterocycles. The Hall–Kier alpha value is -1.26. The first-order chi connectivity index (χ1) is 9.60. The fraction of sp³-hybridized carbons (Fsp3) is 0.438. The van der Waals surface area contributed by atoms with Crippen LogP contribution in [0, 0.1) is 19.7 Å². The van der Waals surface area contributed by atoms with Crippen LogP contribution in [0.5, 0.6) is 0 Å². The molecular weight excluding hydrogens is 271 g/mol. The van der Waals surface area contributed by atoms with Gasteiger partial charge in [0.05, 0.1) is 10.7 Å². The minimum absolute atomic E-state index is 0.176. The van der Waals surface area contributed by atoms with E-state index < -0.39 is 0 Å². The van der Waals surface area contributed by atoms with Gasteiger partial charge in [-0.05, 0) is 50.1 Å². The molecule has 1 atom stereocenters. The van der Waals surface area contributed by atoms with Crippen LogP contribution in [0.2, 0.25) is 0 Å². The quantitative estimate of drug-likeness (QED) is 0.864. The molecule has 20 heavy (non-hydrogen) atoms. The van der Waals surface area contributed by atoms with Crippen LogP contribution in [-0.2, 0) is 6.42 Å². The van der Waals surface area contributed by atoms with Gasteiger partial charge in [-0.1, -0.05) is 13.0 Å². The summed E-state index contributed by atoms with van der Waals surface area (Å²) in [7, 11) is 0. The first-order valence-electron chi connectivity index (χ1n) is 7.00. The van der Waals surface area contributed by atoms with Gasteiger partial charge in [-0.3, -0.25) is 0 Å². The van der Waals surface area contributed by atoms with E-state index in [0.717, 1.165) is 41.2 Å². The number of nitrogens with one attached hydrogen (secondary N) is 1. The van der Waals surface area contributed by atoms with Crippen molar-refractivity contribution in [2.45, 2.75) is 39.7 Å². The Morgan fingerprint density at radius 3 is 2.75 bits per heavy atom. The topological polar surface area (TPSA) is 24.9 Å². The van der Waals surface area contributed by atoms with Gasteiger partial charge in [0.15, 0.2) is 0 Å². The molecule has 0 saturated carbocycles. The predicted molar refractivity (Wildman–Crippen MR) is 82.7 cm³/mol. The van der Waals surface area contributed by atoms with Gasteiger partial charge in [-0.2, -0.15) is 0 Å². The Morgan fingerprint density at radius 2 is 2.15 bits per heavy atom. The maximum Gasteiger partial charge on any atom is 0.123 e. The highest BCUT2D eigenvalue weighted by atomic mass is 32.1. The predicted octanol–water partition coefficient (Wildman–Crippen LogP) is 4.18. The molecule has 0 aliphatic carbocycles. The summed E-state index contributed by atoms with van der Waals surface area (Å²) in [5.74, 6) is -0.176. The zero-order valence-electron chi connectivity index (χ0n) is 12.2. The summed E-state index contributed by atoms with van der Waals surface area (Å²) >= 11 is 1.67. The third-order valence-corrected chi connectivity index (χ3v) is 4.15. The van der Waals surface area contributed by atoms with Crippen molar-refractivity contribution in [3.05, 3.63) is 51.2 Å². The van der Waals surface area contributed by atoms with Gasteiger partial charge in [0, 0.05) is 17.8 Å². The molecule has 108 valence electrons. The van der Waals surface area contributed by atoms with Crippen molar-refractivity contribution < 1.29 is 4.39 Å². The number of aryl methyl sites for hydroxylation is 2. The van der Waals surface area contributed by atoms with Crippen LogP contribution in [-0.4, -0.2) is 11.5 Å². The first-order valence-corrected chi connectivity index (χ1v) is 7.88. The van der Waals surface area contributed by atoms with Crippen LogP contribution in [0.4, 0.5) is 4.39 Å². The van der Waals surface area contributed by atoms with Gasteiger partial charge in [0.1, 0.15) is 5.82 Å². The minimum atomic E-state index is -0.176. The number of aromatic nitrogens is 1. The monoisotopic (exact) mass is 292 g/mol. The summed E-state index contributed by atoms with van der Waals surface area (Å²) in [4.78, 5) is 4.54. The number of rotatable bonds is 6. The molecule has 4 heteroatoms. The van der Waals surface area contributed by atoms with E-state index in [-0.39, 0.29) is 11.9 Å². The van der Waals surface area contributed by atoms with Gasteiger partial charge in [0.25, 0.3) is 0 Å². The van der Waals surface area contributed by atoms with E-state index in [1.54, 1.807) is 17.4 Å². The van der Waals surface area contributed by atoms with E-state index in [1.807, 2.05) is 19.9 Å². The van der Waals surface area contributed by atoms with E-state index in [0.29, 0.717) is 0 Å². The summed E-state index contributed by atoms with van der Waals surface area (Å²) in [6.07, 6.45) is 1.92. The fourth-order valence-electron chi connectivity index (χ4n) is 2.35. The first kappa shape index (κ1) is 15.1. The van der Waals surface area contributed by atoms with E-state index in [2.05, 4.69) is 22.6 Å². The molecule has 1 N–H and O–H groups in total. The number of halogens is 1. The SMILES string of the molecule is CCCNC(Cc1csc(C)n1)c1ccc(F)cc1C. The highest BCUT2D eigenvalue weighted by Gasteiger charge is 2.15. The fourth-order valence-corrected chi connectivity index (χ4v) is 2.98. The van der Waals surface area contributed by atoms with Crippen LogP contribution in [0.1, 0.15) is 41.2 Å². The average molecular weight is 292 g/mol. The molecule has 0 aliphatic heterocycles. The van der Waals surface area contributed by atoms with Crippen LogP contribution >= 0.6 is 11.3 Å². The van der Waals surface area contributed by atoms with Crippen molar-refractivity contribution in [1.82, 2.24) is 10.3 Å². The van der Waals surface area contributed by atoms with Crippen molar-refractivity contribution in [3.63, 3.8) is 0 Å². The smallest absolute Gasteiger partial charge is 0.123 e. The molecule has 1 aromatic carbocycles. The van der Waals surface area contributed by atoms with Gasteiger partial charge >= 0.3 is 0 Å². The van der Waals surface area contributed by atoms with E-state index in [9.17, 15) is 4.39 Å². The van der Waals surface area contributed by atoms with E-state index in [4.69, 9.17) is 0 Å². The molecule has 1 unspecified atom stereocenters. The van der Waals surface area contributed by atoms with Crippen LogP contribution in [0.25, 0.3) is 0 Å². The van der Waals surface area contributed by atoms with Crippen LogP contribution in [0.3, 0.4) is 0 Å². The zero-order chi connectivity index (χ0) is 14.5. The lowest BCUT2D eigenvalue weighted by atomic mass is 9.97. The molecule has 2 nitrogen and oxygen atoms in total. The molecule has 0 spiro atoms. The number of hydrogen-bond donors (Lipinski definition) is 1.